The number of hydrogen-bond acceptors (Lipinski definition) is 4. The van der Waals surface area contributed by atoms with Crippen LogP contribution in [0.2, 0.25) is 5.02 Å². The molecule has 0 radical (unpaired) electrons. The van der Waals surface area contributed by atoms with E-state index in [9.17, 15) is 8.42 Å². The zero-order valence-corrected chi connectivity index (χ0v) is 10.1. The van der Waals surface area contributed by atoms with Gasteiger partial charge in [0.2, 0.25) is 9.84 Å². The number of ether oxygens (including phenoxy) is 1. The molecule has 0 aliphatic carbocycles. The lowest BCUT2D eigenvalue weighted by molar-refractivity contribution is 0.0785. The zero-order valence-electron chi connectivity index (χ0n) is 8.52. The van der Waals surface area contributed by atoms with E-state index in [4.69, 9.17) is 16.3 Å². The van der Waals surface area contributed by atoms with Crippen LogP contribution >= 0.6 is 11.6 Å². The Morgan fingerprint density at radius 2 is 2.25 bits per heavy atom. The van der Waals surface area contributed by atoms with Crippen LogP contribution in [0.25, 0.3) is 0 Å². The molecule has 88 valence electrons. The Labute approximate surface area is 99.5 Å². The highest BCUT2D eigenvalue weighted by atomic mass is 35.5. The van der Waals surface area contributed by atoms with Crippen molar-refractivity contribution in [2.24, 2.45) is 0 Å². The molecule has 1 aliphatic rings. The molecule has 0 bridgehead atoms. The first kappa shape index (κ1) is 11.9. The van der Waals surface area contributed by atoms with E-state index in [-0.39, 0.29) is 4.90 Å². The minimum atomic E-state index is -3.45. The van der Waals surface area contributed by atoms with Crippen LogP contribution in [-0.4, -0.2) is 33.6 Å². The highest BCUT2D eigenvalue weighted by Crippen LogP contribution is 2.21. The van der Waals surface area contributed by atoms with Crippen LogP contribution in [0.4, 0.5) is 0 Å². The lowest BCUT2D eigenvalue weighted by atomic mass is 10.4. The molecule has 1 aromatic rings. The summed E-state index contributed by atoms with van der Waals surface area (Å²) in [4.78, 5) is 0.203. The molecule has 2 rings (SSSR count). The fraction of sp³-hybridized carbons (Fsp3) is 0.400. The number of sulfone groups is 1. The number of nitrogens with one attached hydrogen (secondary N) is 1. The Morgan fingerprint density at radius 1 is 1.44 bits per heavy atom. The highest BCUT2D eigenvalue weighted by Gasteiger charge is 2.29. The van der Waals surface area contributed by atoms with E-state index >= 15 is 0 Å². The lowest BCUT2D eigenvalue weighted by Crippen LogP contribution is -2.42. The number of benzene rings is 1. The van der Waals surface area contributed by atoms with Crippen molar-refractivity contribution >= 4 is 21.4 Å². The van der Waals surface area contributed by atoms with Crippen LogP contribution in [0.3, 0.4) is 0 Å². The number of morpholine rings is 1. The van der Waals surface area contributed by atoms with Gasteiger partial charge in [-0.05, 0) is 18.2 Å². The molecule has 6 heteroatoms. The van der Waals surface area contributed by atoms with Crippen molar-refractivity contribution in [3.05, 3.63) is 29.3 Å². The summed E-state index contributed by atoms with van der Waals surface area (Å²) in [5.74, 6) is 0. The predicted octanol–water partition coefficient (Wildman–Crippen LogP) is 1.06. The number of rotatable bonds is 2. The van der Waals surface area contributed by atoms with Crippen molar-refractivity contribution in [2.75, 3.05) is 19.7 Å². The van der Waals surface area contributed by atoms with Crippen LogP contribution in [0, 0.1) is 0 Å². The maximum Gasteiger partial charge on any atom is 0.206 e. The Morgan fingerprint density at radius 3 is 2.88 bits per heavy atom. The molecule has 1 heterocycles. The standard InChI is InChI=1S/C10H12ClNO3S/c11-8-2-1-3-9(6-8)16(13,14)10-7-12-4-5-15-10/h1-3,6,10,12H,4-5,7H2. The molecule has 1 fully saturated rings. The van der Waals surface area contributed by atoms with Gasteiger partial charge in [-0.3, -0.25) is 0 Å². The summed E-state index contributed by atoms with van der Waals surface area (Å²) in [5, 5.41) is 3.40. The van der Waals surface area contributed by atoms with Gasteiger partial charge in [0.05, 0.1) is 11.5 Å². The first-order chi connectivity index (χ1) is 7.60. The fourth-order valence-electron chi connectivity index (χ4n) is 1.54. The summed E-state index contributed by atoms with van der Waals surface area (Å²) < 4.78 is 29.5. The van der Waals surface area contributed by atoms with Crippen LogP contribution in [0.5, 0.6) is 0 Å². The predicted molar refractivity (Wildman–Crippen MR) is 61.2 cm³/mol. The summed E-state index contributed by atoms with van der Waals surface area (Å²) in [7, 11) is -3.45. The van der Waals surface area contributed by atoms with Crippen molar-refractivity contribution in [3.63, 3.8) is 0 Å². The number of hydrogen-bond donors (Lipinski definition) is 1. The second-order valence-electron chi connectivity index (χ2n) is 3.51. The molecule has 16 heavy (non-hydrogen) atoms. The van der Waals surface area contributed by atoms with Gasteiger partial charge >= 0.3 is 0 Å². The average Bonchev–Trinajstić information content (AvgIpc) is 2.30. The normalized spacial score (nSPS) is 21.9. The maximum absolute atomic E-state index is 12.1. The van der Waals surface area contributed by atoms with E-state index in [1.165, 1.54) is 12.1 Å². The quantitative estimate of drug-likeness (QED) is 0.865. The SMILES string of the molecule is O=S(=O)(c1cccc(Cl)c1)C1CNCCO1. The molecular formula is C10H12ClNO3S. The molecule has 1 N–H and O–H groups in total. The first-order valence-electron chi connectivity index (χ1n) is 4.92. The first-order valence-corrected chi connectivity index (χ1v) is 6.85. The van der Waals surface area contributed by atoms with Gasteiger partial charge in [0.1, 0.15) is 0 Å². The van der Waals surface area contributed by atoms with Crippen molar-refractivity contribution < 1.29 is 13.2 Å². The Hall–Kier alpha value is -0.620. The van der Waals surface area contributed by atoms with Gasteiger partial charge in [-0.1, -0.05) is 17.7 Å². The van der Waals surface area contributed by atoms with Gasteiger partial charge in [-0.25, -0.2) is 8.42 Å². The van der Waals surface area contributed by atoms with Crippen LogP contribution in [0.1, 0.15) is 0 Å². The molecule has 0 aromatic heterocycles. The highest BCUT2D eigenvalue weighted by molar-refractivity contribution is 7.92. The Balaban J connectivity index is 2.30. The molecule has 1 aliphatic heterocycles. The third-order valence-electron chi connectivity index (χ3n) is 2.36. The van der Waals surface area contributed by atoms with Gasteiger partial charge in [0.25, 0.3) is 0 Å². The second-order valence-corrected chi connectivity index (χ2v) is 6.03. The summed E-state index contributed by atoms with van der Waals surface area (Å²) in [5.41, 5.74) is -0.820. The van der Waals surface area contributed by atoms with Crippen molar-refractivity contribution in [1.82, 2.24) is 5.32 Å². The van der Waals surface area contributed by atoms with Crippen molar-refractivity contribution in [3.8, 4) is 0 Å². The Bertz CT molecular complexity index is 469. The monoisotopic (exact) mass is 261 g/mol. The third kappa shape index (κ3) is 2.38. The molecule has 1 unspecified atom stereocenters. The van der Waals surface area contributed by atoms with Gasteiger partial charge in [-0.15, -0.1) is 0 Å². The van der Waals surface area contributed by atoms with E-state index in [2.05, 4.69) is 5.32 Å². The van der Waals surface area contributed by atoms with Gasteiger partial charge in [0.15, 0.2) is 5.44 Å². The van der Waals surface area contributed by atoms with Crippen LogP contribution in [0.15, 0.2) is 29.2 Å². The van der Waals surface area contributed by atoms with Gasteiger partial charge < -0.3 is 10.1 Å². The zero-order chi connectivity index (χ0) is 11.6. The summed E-state index contributed by atoms with van der Waals surface area (Å²) in [6.45, 7) is 1.40. The third-order valence-corrected chi connectivity index (χ3v) is 4.51. The summed E-state index contributed by atoms with van der Waals surface area (Å²) in [6, 6.07) is 6.22. The molecular weight excluding hydrogens is 250 g/mol. The molecule has 1 saturated heterocycles. The average molecular weight is 262 g/mol. The van der Waals surface area contributed by atoms with E-state index in [0.717, 1.165) is 0 Å². The molecule has 0 spiro atoms. The van der Waals surface area contributed by atoms with E-state index in [0.29, 0.717) is 24.7 Å². The van der Waals surface area contributed by atoms with Gasteiger partial charge in [0, 0.05) is 18.1 Å². The molecule has 1 aromatic carbocycles. The minimum absolute atomic E-state index is 0.203. The number of halogens is 1. The van der Waals surface area contributed by atoms with E-state index < -0.39 is 15.3 Å². The Kier molecular flexibility index (Phi) is 3.49. The lowest BCUT2D eigenvalue weighted by Gasteiger charge is -2.23. The fourth-order valence-corrected chi connectivity index (χ4v) is 3.27. The smallest absolute Gasteiger partial charge is 0.206 e. The largest absolute Gasteiger partial charge is 0.359 e. The molecule has 1 atom stereocenters. The van der Waals surface area contributed by atoms with Crippen molar-refractivity contribution in [1.29, 1.82) is 0 Å². The van der Waals surface area contributed by atoms with Crippen molar-refractivity contribution in [2.45, 2.75) is 10.3 Å². The molecule has 0 amide bonds. The van der Waals surface area contributed by atoms with E-state index in [1.54, 1.807) is 12.1 Å². The minimum Gasteiger partial charge on any atom is -0.359 e. The molecule has 4 nitrogen and oxygen atoms in total. The summed E-state index contributed by atoms with van der Waals surface area (Å²) in [6.07, 6.45) is 0. The summed E-state index contributed by atoms with van der Waals surface area (Å²) >= 11 is 5.77. The van der Waals surface area contributed by atoms with Crippen LogP contribution in [-0.2, 0) is 14.6 Å². The maximum atomic E-state index is 12.1. The topological polar surface area (TPSA) is 55.4 Å². The van der Waals surface area contributed by atoms with Crippen LogP contribution < -0.4 is 5.32 Å². The second kappa shape index (κ2) is 4.71. The van der Waals surface area contributed by atoms with Gasteiger partial charge in [-0.2, -0.15) is 0 Å². The molecule has 0 saturated carbocycles. The van der Waals surface area contributed by atoms with E-state index in [1.807, 2.05) is 0 Å².